The van der Waals surface area contributed by atoms with Gasteiger partial charge in [0.25, 0.3) is 0 Å². The average Bonchev–Trinajstić information content (AvgIpc) is 3.25. The van der Waals surface area contributed by atoms with E-state index in [-0.39, 0.29) is 11.9 Å². The number of hydrogen-bond donors (Lipinski definition) is 1. The monoisotopic (exact) mass is 370 g/mol. The molecule has 3 rings (SSSR count). The van der Waals surface area contributed by atoms with E-state index in [2.05, 4.69) is 54.5 Å². The number of benzene rings is 1. The van der Waals surface area contributed by atoms with Gasteiger partial charge >= 0.3 is 0 Å². The van der Waals surface area contributed by atoms with Crippen LogP contribution in [-0.2, 0) is 11.2 Å². The van der Waals surface area contributed by atoms with Gasteiger partial charge in [-0.25, -0.2) is 4.98 Å². The predicted octanol–water partition coefficient (Wildman–Crippen LogP) is 5.08. The maximum absolute atomic E-state index is 12.5. The fourth-order valence-electron chi connectivity index (χ4n) is 2.71. The van der Waals surface area contributed by atoms with Crippen molar-refractivity contribution in [2.24, 2.45) is 0 Å². The molecule has 5 heteroatoms. The van der Waals surface area contributed by atoms with Crippen molar-refractivity contribution >= 4 is 28.6 Å². The van der Waals surface area contributed by atoms with Crippen molar-refractivity contribution in [3.05, 3.63) is 73.9 Å². The van der Waals surface area contributed by atoms with E-state index in [9.17, 15) is 4.79 Å². The third kappa shape index (κ3) is 4.55. The summed E-state index contributed by atoms with van der Waals surface area (Å²) >= 11 is 3.24. The molecule has 0 aliphatic heterocycles. The van der Waals surface area contributed by atoms with Crippen molar-refractivity contribution in [2.75, 3.05) is 0 Å². The fourth-order valence-corrected chi connectivity index (χ4v) is 4.13. The molecule has 0 fully saturated rings. The van der Waals surface area contributed by atoms with Crippen LogP contribution in [0, 0.1) is 6.92 Å². The van der Waals surface area contributed by atoms with Gasteiger partial charge in [0.2, 0.25) is 5.91 Å². The number of rotatable bonds is 6. The Balaban J connectivity index is 1.79. The standard InChI is InChI=1S/C20H22N2OS2/c1-13(2)15-6-8-16(9-7-15)20(18-5-4-10-24-18)22-19(23)11-17-12-25-14(3)21-17/h4-10,12-13,20H,11H2,1-3H3,(H,22,23). The van der Waals surface area contributed by atoms with E-state index in [1.54, 1.807) is 22.7 Å². The second-order valence-electron chi connectivity index (χ2n) is 6.37. The van der Waals surface area contributed by atoms with Crippen LogP contribution < -0.4 is 5.32 Å². The van der Waals surface area contributed by atoms with Crippen LogP contribution >= 0.6 is 22.7 Å². The number of thiazole rings is 1. The first kappa shape index (κ1) is 17.8. The molecule has 1 unspecified atom stereocenters. The summed E-state index contributed by atoms with van der Waals surface area (Å²) in [6, 6.07) is 12.5. The molecule has 0 saturated carbocycles. The van der Waals surface area contributed by atoms with E-state index >= 15 is 0 Å². The summed E-state index contributed by atoms with van der Waals surface area (Å²) in [4.78, 5) is 18.1. The van der Waals surface area contributed by atoms with Gasteiger partial charge in [-0.15, -0.1) is 22.7 Å². The Kier molecular flexibility index (Phi) is 5.66. The highest BCUT2D eigenvalue weighted by Crippen LogP contribution is 2.27. The summed E-state index contributed by atoms with van der Waals surface area (Å²) in [5, 5.41) is 8.16. The van der Waals surface area contributed by atoms with E-state index in [0.717, 1.165) is 21.1 Å². The molecule has 1 amide bonds. The maximum Gasteiger partial charge on any atom is 0.226 e. The summed E-state index contributed by atoms with van der Waals surface area (Å²) in [6.07, 6.45) is 0.316. The lowest BCUT2D eigenvalue weighted by atomic mass is 9.98. The molecule has 1 N–H and O–H groups in total. The van der Waals surface area contributed by atoms with Gasteiger partial charge < -0.3 is 5.32 Å². The minimum absolute atomic E-state index is 0.00311. The lowest BCUT2D eigenvalue weighted by molar-refractivity contribution is -0.121. The molecule has 1 aromatic carbocycles. The fraction of sp³-hybridized carbons (Fsp3) is 0.300. The number of carbonyl (C=O) groups is 1. The minimum atomic E-state index is -0.117. The highest BCUT2D eigenvalue weighted by Gasteiger charge is 2.19. The zero-order valence-corrected chi connectivity index (χ0v) is 16.3. The van der Waals surface area contributed by atoms with Crippen molar-refractivity contribution in [1.82, 2.24) is 10.3 Å². The van der Waals surface area contributed by atoms with E-state index in [1.807, 2.05) is 23.8 Å². The number of amides is 1. The Morgan fingerprint density at radius 3 is 2.40 bits per heavy atom. The molecule has 3 nitrogen and oxygen atoms in total. The summed E-state index contributed by atoms with van der Waals surface area (Å²) in [7, 11) is 0. The average molecular weight is 371 g/mol. The molecule has 130 valence electrons. The highest BCUT2D eigenvalue weighted by atomic mass is 32.1. The van der Waals surface area contributed by atoms with Crippen LogP contribution in [-0.4, -0.2) is 10.9 Å². The second-order valence-corrected chi connectivity index (χ2v) is 8.41. The Morgan fingerprint density at radius 2 is 1.84 bits per heavy atom. The molecular weight excluding hydrogens is 348 g/mol. The first-order valence-electron chi connectivity index (χ1n) is 8.36. The van der Waals surface area contributed by atoms with Gasteiger partial charge in [-0.05, 0) is 35.4 Å². The number of aromatic nitrogens is 1. The zero-order chi connectivity index (χ0) is 17.8. The smallest absolute Gasteiger partial charge is 0.226 e. The van der Waals surface area contributed by atoms with Gasteiger partial charge in [0.15, 0.2) is 0 Å². The van der Waals surface area contributed by atoms with Crippen molar-refractivity contribution in [2.45, 2.75) is 39.2 Å². The van der Waals surface area contributed by atoms with Gasteiger partial charge in [-0.2, -0.15) is 0 Å². The highest BCUT2D eigenvalue weighted by molar-refractivity contribution is 7.10. The predicted molar refractivity (Wildman–Crippen MR) is 105 cm³/mol. The van der Waals surface area contributed by atoms with Gasteiger partial charge in [-0.1, -0.05) is 44.2 Å². The number of hydrogen-bond acceptors (Lipinski definition) is 4. The van der Waals surface area contributed by atoms with Crippen molar-refractivity contribution in [1.29, 1.82) is 0 Å². The first-order valence-corrected chi connectivity index (χ1v) is 10.1. The van der Waals surface area contributed by atoms with Crippen molar-refractivity contribution in [3.8, 4) is 0 Å². The van der Waals surface area contributed by atoms with Crippen LogP contribution in [0.1, 0.15) is 52.5 Å². The molecule has 0 saturated heterocycles. The van der Waals surface area contributed by atoms with Crippen LogP contribution in [0.25, 0.3) is 0 Å². The Morgan fingerprint density at radius 1 is 1.12 bits per heavy atom. The molecule has 2 heterocycles. The lowest BCUT2D eigenvalue weighted by Crippen LogP contribution is -2.30. The number of aryl methyl sites for hydroxylation is 1. The molecule has 0 aliphatic carbocycles. The normalized spacial score (nSPS) is 12.3. The molecule has 3 aromatic rings. The van der Waals surface area contributed by atoms with Gasteiger partial charge in [0, 0.05) is 10.3 Å². The SMILES string of the molecule is Cc1nc(CC(=O)NC(c2ccc(C(C)C)cc2)c2cccs2)cs1. The third-order valence-corrected chi connectivity index (χ3v) is 5.84. The maximum atomic E-state index is 12.5. The number of carbonyl (C=O) groups excluding carboxylic acids is 1. The molecular formula is C20H22N2OS2. The minimum Gasteiger partial charge on any atom is -0.344 e. The second kappa shape index (κ2) is 7.93. The number of nitrogens with one attached hydrogen (secondary N) is 1. The topological polar surface area (TPSA) is 42.0 Å². The van der Waals surface area contributed by atoms with E-state index in [4.69, 9.17) is 0 Å². The van der Waals surface area contributed by atoms with Crippen LogP contribution in [0.5, 0.6) is 0 Å². The molecule has 1 atom stereocenters. The van der Waals surface area contributed by atoms with Gasteiger partial charge in [0.05, 0.1) is 23.2 Å². The molecule has 0 aliphatic rings. The van der Waals surface area contributed by atoms with E-state index in [0.29, 0.717) is 12.3 Å². The van der Waals surface area contributed by atoms with Crippen LogP contribution in [0.15, 0.2) is 47.2 Å². The lowest BCUT2D eigenvalue weighted by Gasteiger charge is -2.19. The summed E-state index contributed by atoms with van der Waals surface area (Å²) < 4.78 is 0. The van der Waals surface area contributed by atoms with Crippen LogP contribution in [0.3, 0.4) is 0 Å². The zero-order valence-electron chi connectivity index (χ0n) is 14.7. The van der Waals surface area contributed by atoms with E-state index < -0.39 is 0 Å². The summed E-state index contributed by atoms with van der Waals surface area (Å²) in [6.45, 7) is 6.32. The Hall–Kier alpha value is -1.98. The molecule has 0 radical (unpaired) electrons. The number of thiophene rings is 1. The third-order valence-electron chi connectivity index (χ3n) is 4.08. The van der Waals surface area contributed by atoms with Gasteiger partial charge in [-0.3, -0.25) is 4.79 Å². The van der Waals surface area contributed by atoms with Gasteiger partial charge in [0.1, 0.15) is 0 Å². The Labute approximate surface area is 156 Å². The summed E-state index contributed by atoms with van der Waals surface area (Å²) in [5.74, 6) is 0.494. The van der Waals surface area contributed by atoms with E-state index in [1.165, 1.54) is 5.56 Å². The van der Waals surface area contributed by atoms with Crippen LogP contribution in [0.2, 0.25) is 0 Å². The molecule has 25 heavy (non-hydrogen) atoms. The first-order chi connectivity index (χ1) is 12.0. The van der Waals surface area contributed by atoms with Crippen molar-refractivity contribution < 1.29 is 4.79 Å². The molecule has 2 aromatic heterocycles. The molecule has 0 bridgehead atoms. The quantitative estimate of drug-likeness (QED) is 0.657. The number of nitrogens with zero attached hydrogens (tertiary/aromatic N) is 1. The molecule has 0 spiro atoms. The van der Waals surface area contributed by atoms with Crippen molar-refractivity contribution in [3.63, 3.8) is 0 Å². The summed E-state index contributed by atoms with van der Waals surface area (Å²) in [5.41, 5.74) is 3.24. The largest absolute Gasteiger partial charge is 0.344 e. The van der Waals surface area contributed by atoms with Crippen LogP contribution in [0.4, 0.5) is 0 Å². The Bertz CT molecular complexity index is 820.